The van der Waals surface area contributed by atoms with Crippen LogP contribution in [0.4, 0.5) is 8.78 Å². The minimum atomic E-state index is -0.326. The first-order chi connectivity index (χ1) is 12.6. The van der Waals surface area contributed by atoms with Gasteiger partial charge in [0.05, 0.1) is 0 Å². The van der Waals surface area contributed by atoms with Crippen molar-refractivity contribution in [1.82, 2.24) is 0 Å². The summed E-state index contributed by atoms with van der Waals surface area (Å²) in [6.45, 7) is 0. The molecule has 1 nitrogen and oxygen atoms in total. The molecule has 2 aromatic carbocycles. The molecule has 5 heteroatoms. The summed E-state index contributed by atoms with van der Waals surface area (Å²) in [6, 6.07) is 8.70. The second kappa shape index (κ2) is 11.3. The van der Waals surface area contributed by atoms with Crippen molar-refractivity contribution in [3.05, 3.63) is 70.3 Å². The van der Waals surface area contributed by atoms with Crippen molar-refractivity contribution in [3.63, 3.8) is 0 Å². The van der Waals surface area contributed by atoms with Gasteiger partial charge in [-0.2, -0.15) is 0 Å². The zero-order chi connectivity index (χ0) is 18.9. The van der Waals surface area contributed by atoms with Gasteiger partial charge in [-0.25, -0.2) is 8.78 Å². The maximum Gasteiger partial charge on any atom is 0.193 e. The molecule has 0 bridgehead atoms. The van der Waals surface area contributed by atoms with Gasteiger partial charge in [-0.05, 0) is 94.9 Å². The van der Waals surface area contributed by atoms with E-state index in [9.17, 15) is 13.6 Å². The lowest BCUT2D eigenvalue weighted by Crippen LogP contribution is -2.10. The molecule has 2 rings (SSSR count). The molecule has 0 aliphatic rings. The van der Waals surface area contributed by atoms with Crippen molar-refractivity contribution in [2.24, 2.45) is 0 Å². The lowest BCUT2D eigenvalue weighted by molar-refractivity contribution is 0.103. The Kier molecular flexibility index (Phi) is 9.45. The molecule has 0 aliphatic heterocycles. The molecule has 26 heavy (non-hydrogen) atoms. The molecule has 0 saturated carbocycles. The molecule has 0 atom stereocenters. The second-order valence-corrected chi connectivity index (χ2v) is 8.38. The topological polar surface area (TPSA) is 17.1 Å². The largest absolute Gasteiger partial charge is 0.289 e. The van der Waals surface area contributed by atoms with E-state index in [0.717, 1.165) is 45.7 Å². The molecule has 0 heterocycles. The van der Waals surface area contributed by atoms with Gasteiger partial charge in [0.15, 0.2) is 5.78 Å². The number of rotatable bonds is 10. The van der Waals surface area contributed by atoms with E-state index in [1.807, 2.05) is 0 Å². The molecule has 0 fully saturated rings. The number of aryl methyl sites for hydroxylation is 2. The molecule has 0 radical (unpaired) electrons. The number of benzene rings is 2. The Labute approximate surface area is 181 Å². The van der Waals surface area contributed by atoms with Gasteiger partial charge in [0.2, 0.25) is 0 Å². The summed E-state index contributed by atoms with van der Waals surface area (Å²) in [5.41, 5.74) is 2.54. The third kappa shape index (κ3) is 6.25. The van der Waals surface area contributed by atoms with Gasteiger partial charge in [-0.3, -0.25) is 4.79 Å². The van der Waals surface area contributed by atoms with Crippen LogP contribution in [0.2, 0.25) is 0 Å². The van der Waals surface area contributed by atoms with E-state index >= 15 is 0 Å². The first kappa shape index (κ1) is 21.7. The number of carbonyl (C=O) groups is 1. The summed E-state index contributed by atoms with van der Waals surface area (Å²) < 4.78 is 29.5. The van der Waals surface area contributed by atoms with Crippen LogP contribution in [-0.2, 0) is 12.8 Å². The van der Waals surface area contributed by atoms with Crippen LogP contribution in [0.15, 0.2) is 36.4 Å². The van der Waals surface area contributed by atoms with Gasteiger partial charge in [-0.15, -0.1) is 0 Å². The highest BCUT2D eigenvalue weighted by atomic mass is 127. The molecule has 140 valence electrons. The van der Waals surface area contributed by atoms with Gasteiger partial charge in [0, 0.05) is 11.1 Å². The highest BCUT2D eigenvalue weighted by Gasteiger charge is 2.18. The minimum absolute atomic E-state index is 0.140. The highest BCUT2D eigenvalue weighted by Crippen LogP contribution is 2.23. The Bertz CT molecular complexity index is 685. The standard InChI is InChI=1S/C21H22F2I2O/c22-17-7-9-19(15(13-17)5-1-3-11-24)21(26)20-10-8-18(23)14-16(20)6-2-4-12-25/h7-10,13-14H,1-6,11-12H2. The fraction of sp³-hybridized carbons (Fsp3) is 0.381. The maximum atomic E-state index is 13.7. The van der Waals surface area contributed by atoms with Crippen LogP contribution in [0.1, 0.15) is 52.7 Å². The Hall–Kier alpha value is -0.570. The SMILES string of the molecule is O=C(c1ccc(F)cc1CCCCI)c1ccc(F)cc1CCCCI. The molecule has 0 saturated heterocycles. The third-order valence-corrected chi connectivity index (χ3v) is 5.81. The van der Waals surface area contributed by atoms with Crippen molar-refractivity contribution in [2.45, 2.75) is 38.5 Å². The van der Waals surface area contributed by atoms with Crippen LogP contribution in [0.3, 0.4) is 0 Å². The van der Waals surface area contributed by atoms with Crippen LogP contribution in [0.5, 0.6) is 0 Å². The summed E-state index contributed by atoms with van der Waals surface area (Å²) in [6.07, 6.45) is 5.24. The van der Waals surface area contributed by atoms with Crippen LogP contribution in [0.25, 0.3) is 0 Å². The summed E-state index contributed by atoms with van der Waals surface area (Å²) in [4.78, 5) is 13.1. The summed E-state index contributed by atoms with van der Waals surface area (Å²) in [5, 5.41) is 0. The monoisotopic (exact) mass is 582 g/mol. The lowest BCUT2D eigenvalue weighted by atomic mass is 9.91. The molecule has 0 aromatic heterocycles. The molecule has 0 aliphatic carbocycles. The van der Waals surface area contributed by atoms with Gasteiger partial charge in [0.25, 0.3) is 0 Å². The zero-order valence-electron chi connectivity index (χ0n) is 14.5. The molecule has 2 aromatic rings. The fourth-order valence-electron chi connectivity index (χ4n) is 2.95. The number of carbonyl (C=O) groups excluding carboxylic acids is 1. The quantitative estimate of drug-likeness (QED) is 0.132. The minimum Gasteiger partial charge on any atom is -0.289 e. The van der Waals surface area contributed by atoms with Gasteiger partial charge < -0.3 is 0 Å². The lowest BCUT2D eigenvalue weighted by Gasteiger charge is -2.12. The van der Waals surface area contributed by atoms with Gasteiger partial charge in [-0.1, -0.05) is 45.2 Å². The van der Waals surface area contributed by atoms with Crippen molar-refractivity contribution < 1.29 is 13.6 Å². The number of ketones is 1. The third-order valence-electron chi connectivity index (χ3n) is 4.28. The summed E-state index contributed by atoms with van der Waals surface area (Å²) >= 11 is 4.63. The smallest absolute Gasteiger partial charge is 0.193 e. The Balaban J connectivity index is 2.33. The average molecular weight is 582 g/mol. The molecular formula is C21H22F2I2O. The number of unbranched alkanes of at least 4 members (excludes halogenated alkanes) is 2. The Morgan fingerprint density at radius 3 is 1.54 bits per heavy atom. The van der Waals surface area contributed by atoms with Crippen LogP contribution < -0.4 is 0 Å². The van der Waals surface area contributed by atoms with Gasteiger partial charge >= 0.3 is 0 Å². The average Bonchev–Trinajstić information content (AvgIpc) is 2.62. The van der Waals surface area contributed by atoms with Crippen LogP contribution in [-0.4, -0.2) is 14.6 Å². The van der Waals surface area contributed by atoms with E-state index < -0.39 is 0 Å². The zero-order valence-corrected chi connectivity index (χ0v) is 18.9. The molecule has 0 amide bonds. The number of alkyl halides is 2. The second-order valence-electron chi connectivity index (χ2n) is 6.22. The number of halogens is 4. The van der Waals surface area contributed by atoms with E-state index in [0.29, 0.717) is 24.0 Å². The highest BCUT2D eigenvalue weighted by molar-refractivity contribution is 14.1. The first-order valence-electron chi connectivity index (χ1n) is 8.80. The molecular weight excluding hydrogens is 560 g/mol. The fourth-order valence-corrected chi connectivity index (χ4v) is 4.02. The van der Waals surface area contributed by atoms with Crippen LogP contribution in [0, 0.1) is 11.6 Å². The van der Waals surface area contributed by atoms with Crippen molar-refractivity contribution >= 4 is 51.0 Å². The van der Waals surface area contributed by atoms with E-state index in [4.69, 9.17) is 0 Å². The Morgan fingerprint density at radius 2 is 1.15 bits per heavy atom. The first-order valence-corrected chi connectivity index (χ1v) is 11.9. The number of hydrogen-bond donors (Lipinski definition) is 0. The predicted octanol–water partition coefficient (Wildman–Crippen LogP) is 6.71. The summed E-state index contributed by atoms with van der Waals surface area (Å²) in [5.74, 6) is -0.793. The predicted molar refractivity (Wildman–Crippen MR) is 120 cm³/mol. The maximum absolute atomic E-state index is 13.7. The normalized spacial score (nSPS) is 10.9. The van der Waals surface area contributed by atoms with E-state index in [1.165, 1.54) is 24.3 Å². The van der Waals surface area contributed by atoms with Crippen molar-refractivity contribution in [2.75, 3.05) is 8.86 Å². The summed E-state index contributed by atoms with van der Waals surface area (Å²) in [7, 11) is 0. The van der Waals surface area contributed by atoms with Gasteiger partial charge in [0.1, 0.15) is 11.6 Å². The number of hydrogen-bond acceptors (Lipinski definition) is 1. The molecule has 0 N–H and O–H groups in total. The molecule has 0 unspecified atom stereocenters. The van der Waals surface area contributed by atoms with E-state index in [2.05, 4.69) is 45.2 Å². The van der Waals surface area contributed by atoms with Crippen molar-refractivity contribution in [3.8, 4) is 0 Å². The molecule has 0 spiro atoms. The van der Waals surface area contributed by atoms with E-state index in [1.54, 1.807) is 12.1 Å². The van der Waals surface area contributed by atoms with Crippen molar-refractivity contribution in [1.29, 1.82) is 0 Å². The van der Waals surface area contributed by atoms with E-state index in [-0.39, 0.29) is 17.4 Å². The van der Waals surface area contributed by atoms with Crippen LogP contribution >= 0.6 is 45.2 Å². The Morgan fingerprint density at radius 1 is 0.731 bits per heavy atom.